The Kier molecular flexibility index (Phi) is 3.87. The van der Waals surface area contributed by atoms with Crippen LogP contribution in [-0.4, -0.2) is 11.2 Å². The number of aliphatic hydroxyl groups excluding tert-OH is 1. The van der Waals surface area contributed by atoms with Gasteiger partial charge in [-0.05, 0) is 25.2 Å². The highest BCUT2D eigenvalue weighted by Gasteiger charge is 2.08. The summed E-state index contributed by atoms with van der Waals surface area (Å²) in [7, 11) is 0. The molecule has 9 heavy (non-hydrogen) atoms. The van der Waals surface area contributed by atoms with Gasteiger partial charge in [0.05, 0.1) is 6.10 Å². The fourth-order valence-electron chi connectivity index (χ4n) is 0.810. The van der Waals surface area contributed by atoms with Crippen molar-refractivity contribution in [2.75, 3.05) is 0 Å². The summed E-state index contributed by atoms with van der Waals surface area (Å²) in [5.41, 5.74) is 0. The van der Waals surface area contributed by atoms with E-state index in [0.29, 0.717) is 11.8 Å². The first kappa shape index (κ1) is 8.96. The molecule has 56 valence electrons. The first-order valence-corrected chi connectivity index (χ1v) is 3.72. The summed E-state index contributed by atoms with van der Waals surface area (Å²) in [6.45, 7) is 8.40. The molecule has 0 radical (unpaired) electrons. The van der Waals surface area contributed by atoms with Gasteiger partial charge in [0.1, 0.15) is 0 Å². The molecule has 2 atom stereocenters. The Labute approximate surface area is 58.1 Å². The number of hydrogen-bond donors (Lipinski definition) is 1. The second-order valence-electron chi connectivity index (χ2n) is 3.31. The van der Waals surface area contributed by atoms with E-state index in [2.05, 4.69) is 20.8 Å². The smallest absolute Gasteiger partial charge is 0.0514 e. The standard InChI is InChI=1S/C8H18O/c1-6(2)7(3)5-8(4)9/h6-9H,5H2,1-4H3. The van der Waals surface area contributed by atoms with Gasteiger partial charge in [0, 0.05) is 0 Å². The zero-order chi connectivity index (χ0) is 7.44. The third kappa shape index (κ3) is 4.46. The van der Waals surface area contributed by atoms with Crippen LogP contribution in [0.1, 0.15) is 34.1 Å². The van der Waals surface area contributed by atoms with Crippen molar-refractivity contribution in [3.8, 4) is 0 Å². The van der Waals surface area contributed by atoms with Crippen LogP contribution in [0.15, 0.2) is 0 Å². The maximum atomic E-state index is 8.97. The lowest BCUT2D eigenvalue weighted by Gasteiger charge is -2.16. The minimum Gasteiger partial charge on any atom is -0.393 e. The molecule has 0 aliphatic carbocycles. The van der Waals surface area contributed by atoms with Gasteiger partial charge in [0.15, 0.2) is 0 Å². The van der Waals surface area contributed by atoms with Gasteiger partial charge < -0.3 is 5.11 Å². The predicted molar refractivity (Wildman–Crippen MR) is 40.3 cm³/mol. The van der Waals surface area contributed by atoms with Gasteiger partial charge in [-0.2, -0.15) is 0 Å². The lowest BCUT2D eigenvalue weighted by molar-refractivity contribution is 0.151. The van der Waals surface area contributed by atoms with Crippen LogP contribution in [0.2, 0.25) is 0 Å². The zero-order valence-electron chi connectivity index (χ0n) is 6.89. The van der Waals surface area contributed by atoms with Crippen molar-refractivity contribution in [1.29, 1.82) is 0 Å². The summed E-state index contributed by atoms with van der Waals surface area (Å²) in [6, 6.07) is 0. The second kappa shape index (κ2) is 3.89. The van der Waals surface area contributed by atoms with Gasteiger partial charge in [-0.3, -0.25) is 0 Å². The highest BCUT2D eigenvalue weighted by molar-refractivity contribution is 4.59. The van der Waals surface area contributed by atoms with Crippen molar-refractivity contribution >= 4 is 0 Å². The highest BCUT2D eigenvalue weighted by Crippen LogP contribution is 2.15. The minimum absolute atomic E-state index is 0.137. The third-order valence-corrected chi connectivity index (χ3v) is 1.85. The van der Waals surface area contributed by atoms with Gasteiger partial charge >= 0.3 is 0 Å². The molecule has 0 aromatic rings. The molecule has 0 fully saturated rings. The van der Waals surface area contributed by atoms with Crippen molar-refractivity contribution in [3.63, 3.8) is 0 Å². The molecule has 1 nitrogen and oxygen atoms in total. The lowest BCUT2D eigenvalue weighted by atomic mass is 9.93. The fraction of sp³-hybridized carbons (Fsp3) is 1.00. The van der Waals surface area contributed by atoms with Crippen LogP contribution in [0.3, 0.4) is 0 Å². The first-order chi connectivity index (χ1) is 4.04. The topological polar surface area (TPSA) is 20.2 Å². The largest absolute Gasteiger partial charge is 0.393 e. The molecule has 1 N–H and O–H groups in total. The summed E-state index contributed by atoms with van der Waals surface area (Å²) in [5.74, 6) is 1.34. The Morgan fingerprint density at radius 2 is 1.56 bits per heavy atom. The summed E-state index contributed by atoms with van der Waals surface area (Å²) >= 11 is 0. The van der Waals surface area contributed by atoms with Crippen molar-refractivity contribution < 1.29 is 5.11 Å². The minimum atomic E-state index is -0.137. The Morgan fingerprint density at radius 1 is 1.11 bits per heavy atom. The monoisotopic (exact) mass is 130 g/mol. The van der Waals surface area contributed by atoms with Gasteiger partial charge in [-0.25, -0.2) is 0 Å². The molecular formula is C8H18O. The molecule has 0 saturated heterocycles. The molecule has 0 aromatic carbocycles. The summed E-state index contributed by atoms with van der Waals surface area (Å²) in [5, 5.41) is 8.97. The van der Waals surface area contributed by atoms with E-state index < -0.39 is 0 Å². The molecule has 0 rings (SSSR count). The first-order valence-electron chi connectivity index (χ1n) is 3.72. The Morgan fingerprint density at radius 3 is 1.67 bits per heavy atom. The van der Waals surface area contributed by atoms with E-state index in [-0.39, 0.29) is 6.10 Å². The molecule has 0 spiro atoms. The Balaban J connectivity index is 3.38. The van der Waals surface area contributed by atoms with Crippen LogP contribution < -0.4 is 0 Å². The van der Waals surface area contributed by atoms with E-state index in [1.807, 2.05) is 6.92 Å². The van der Waals surface area contributed by atoms with E-state index in [0.717, 1.165) is 6.42 Å². The van der Waals surface area contributed by atoms with Crippen LogP contribution in [0.4, 0.5) is 0 Å². The van der Waals surface area contributed by atoms with Crippen molar-refractivity contribution in [2.24, 2.45) is 11.8 Å². The predicted octanol–water partition coefficient (Wildman–Crippen LogP) is 2.05. The quantitative estimate of drug-likeness (QED) is 0.620. The van der Waals surface area contributed by atoms with Gasteiger partial charge in [-0.1, -0.05) is 20.8 Å². The van der Waals surface area contributed by atoms with E-state index >= 15 is 0 Å². The summed E-state index contributed by atoms with van der Waals surface area (Å²) in [6.07, 6.45) is 0.792. The summed E-state index contributed by atoms with van der Waals surface area (Å²) in [4.78, 5) is 0. The van der Waals surface area contributed by atoms with Crippen LogP contribution in [0.25, 0.3) is 0 Å². The third-order valence-electron chi connectivity index (χ3n) is 1.85. The SMILES string of the molecule is CC(O)CC(C)C(C)C. The van der Waals surface area contributed by atoms with Gasteiger partial charge in [-0.15, -0.1) is 0 Å². The van der Waals surface area contributed by atoms with Crippen LogP contribution in [0, 0.1) is 11.8 Å². The van der Waals surface area contributed by atoms with E-state index in [4.69, 9.17) is 5.11 Å². The zero-order valence-corrected chi connectivity index (χ0v) is 6.89. The Hall–Kier alpha value is -0.0400. The van der Waals surface area contributed by atoms with Crippen LogP contribution in [0.5, 0.6) is 0 Å². The molecule has 0 aliphatic heterocycles. The van der Waals surface area contributed by atoms with E-state index in [9.17, 15) is 0 Å². The number of hydrogen-bond acceptors (Lipinski definition) is 1. The molecule has 0 aliphatic rings. The Bertz CT molecular complexity index is 67.0. The van der Waals surface area contributed by atoms with Crippen molar-refractivity contribution in [3.05, 3.63) is 0 Å². The molecule has 2 unspecified atom stereocenters. The molecule has 0 aromatic heterocycles. The molecular weight excluding hydrogens is 112 g/mol. The molecule has 0 heterocycles. The average Bonchev–Trinajstić information content (AvgIpc) is 1.63. The van der Waals surface area contributed by atoms with Crippen LogP contribution >= 0.6 is 0 Å². The van der Waals surface area contributed by atoms with E-state index in [1.165, 1.54) is 0 Å². The number of aliphatic hydroxyl groups is 1. The van der Waals surface area contributed by atoms with Gasteiger partial charge in [0.25, 0.3) is 0 Å². The molecule has 0 bridgehead atoms. The number of rotatable bonds is 3. The average molecular weight is 130 g/mol. The fourth-order valence-corrected chi connectivity index (χ4v) is 0.810. The van der Waals surface area contributed by atoms with Crippen molar-refractivity contribution in [2.45, 2.75) is 40.2 Å². The van der Waals surface area contributed by atoms with Crippen molar-refractivity contribution in [1.82, 2.24) is 0 Å². The highest BCUT2D eigenvalue weighted by atomic mass is 16.3. The molecule has 0 saturated carbocycles. The molecule has 1 heteroatoms. The van der Waals surface area contributed by atoms with E-state index in [1.54, 1.807) is 0 Å². The maximum absolute atomic E-state index is 8.97. The normalized spacial score (nSPS) is 18.0. The molecule has 0 amide bonds. The van der Waals surface area contributed by atoms with Gasteiger partial charge in [0.2, 0.25) is 0 Å². The summed E-state index contributed by atoms with van der Waals surface area (Å²) < 4.78 is 0. The lowest BCUT2D eigenvalue weighted by Crippen LogP contribution is -2.11. The second-order valence-corrected chi connectivity index (χ2v) is 3.31. The van der Waals surface area contributed by atoms with Crippen LogP contribution in [-0.2, 0) is 0 Å². The maximum Gasteiger partial charge on any atom is 0.0514 e.